The topological polar surface area (TPSA) is 34.1 Å². The van der Waals surface area contributed by atoms with E-state index in [4.69, 9.17) is 4.74 Å². The van der Waals surface area contributed by atoms with E-state index in [1.54, 1.807) is 0 Å². The van der Waals surface area contributed by atoms with Gasteiger partial charge in [-0.2, -0.15) is 0 Å². The van der Waals surface area contributed by atoms with E-state index in [1.165, 1.54) is 12.8 Å². The molecule has 0 aliphatic heterocycles. The Balaban J connectivity index is 1.74. The summed E-state index contributed by atoms with van der Waals surface area (Å²) >= 11 is 3.38. The maximum absolute atomic E-state index is 5.90. The molecule has 1 saturated carbocycles. The summed E-state index contributed by atoms with van der Waals surface area (Å²) < 4.78 is 6.91. The molecule has 0 amide bonds. The average molecular weight is 299 g/mol. The molecule has 2 rings (SSSR count). The number of hydrogen-bond acceptors (Lipinski definition) is 3. The van der Waals surface area contributed by atoms with E-state index in [9.17, 15) is 0 Å². The number of ether oxygens (including phenoxy) is 1. The monoisotopic (exact) mass is 298 g/mol. The molecule has 0 spiro atoms. The molecule has 0 aromatic carbocycles. The standard InChI is InChI=1S/C13H19BrN2O/c1-15-11-4-6-13(7-5-11)17-9-12-3-2-10(14)8-16-12/h2-3,8,11,13,15H,4-7,9H2,1H3. The summed E-state index contributed by atoms with van der Waals surface area (Å²) in [6.45, 7) is 0.627. The van der Waals surface area contributed by atoms with Crippen molar-refractivity contribution in [2.75, 3.05) is 7.05 Å². The average Bonchev–Trinajstić information content (AvgIpc) is 2.39. The van der Waals surface area contributed by atoms with Crippen LogP contribution in [-0.4, -0.2) is 24.2 Å². The first-order chi connectivity index (χ1) is 8.28. The minimum Gasteiger partial charge on any atom is -0.372 e. The third kappa shape index (κ3) is 4.05. The van der Waals surface area contributed by atoms with E-state index in [2.05, 4.69) is 26.2 Å². The highest BCUT2D eigenvalue weighted by molar-refractivity contribution is 9.10. The molecule has 0 unspecified atom stereocenters. The summed E-state index contributed by atoms with van der Waals surface area (Å²) in [5, 5.41) is 3.33. The summed E-state index contributed by atoms with van der Waals surface area (Å²) in [4.78, 5) is 4.31. The van der Waals surface area contributed by atoms with E-state index in [0.717, 1.165) is 23.0 Å². The van der Waals surface area contributed by atoms with Crippen molar-refractivity contribution in [1.82, 2.24) is 10.3 Å². The smallest absolute Gasteiger partial charge is 0.0891 e. The molecule has 17 heavy (non-hydrogen) atoms. The summed E-state index contributed by atoms with van der Waals surface area (Å²) in [5.41, 5.74) is 1.00. The molecule has 1 aliphatic carbocycles. The molecule has 0 radical (unpaired) electrons. The van der Waals surface area contributed by atoms with E-state index >= 15 is 0 Å². The van der Waals surface area contributed by atoms with Gasteiger partial charge in [-0.05, 0) is 60.8 Å². The molecule has 4 heteroatoms. The van der Waals surface area contributed by atoms with Gasteiger partial charge in [-0.25, -0.2) is 0 Å². The Morgan fingerprint density at radius 2 is 2.12 bits per heavy atom. The molecule has 1 aromatic rings. The van der Waals surface area contributed by atoms with E-state index in [0.29, 0.717) is 18.8 Å². The normalized spacial score (nSPS) is 24.8. The van der Waals surface area contributed by atoms with Crippen LogP contribution in [0.3, 0.4) is 0 Å². The van der Waals surface area contributed by atoms with Gasteiger partial charge in [0, 0.05) is 16.7 Å². The van der Waals surface area contributed by atoms with E-state index in [-0.39, 0.29) is 0 Å². The Labute approximate surface area is 111 Å². The molecule has 0 bridgehead atoms. The van der Waals surface area contributed by atoms with Crippen LogP contribution in [0.4, 0.5) is 0 Å². The van der Waals surface area contributed by atoms with Crippen LogP contribution in [0.15, 0.2) is 22.8 Å². The Hall–Kier alpha value is -0.450. The lowest BCUT2D eigenvalue weighted by molar-refractivity contribution is 0.0103. The van der Waals surface area contributed by atoms with Crippen LogP contribution in [0.5, 0.6) is 0 Å². The van der Waals surface area contributed by atoms with Gasteiger partial charge in [-0.15, -0.1) is 0 Å². The van der Waals surface area contributed by atoms with Gasteiger partial charge in [0.05, 0.1) is 18.4 Å². The molecule has 0 saturated heterocycles. The van der Waals surface area contributed by atoms with Crippen molar-refractivity contribution in [2.24, 2.45) is 0 Å². The first-order valence-electron chi connectivity index (χ1n) is 6.17. The molecule has 0 atom stereocenters. The molecule has 1 aromatic heterocycles. The first-order valence-corrected chi connectivity index (χ1v) is 6.96. The van der Waals surface area contributed by atoms with Gasteiger partial charge in [0.2, 0.25) is 0 Å². The highest BCUT2D eigenvalue weighted by Crippen LogP contribution is 2.21. The summed E-state index contributed by atoms with van der Waals surface area (Å²) in [5.74, 6) is 0. The lowest BCUT2D eigenvalue weighted by Gasteiger charge is -2.28. The zero-order valence-electron chi connectivity index (χ0n) is 10.2. The minimum atomic E-state index is 0.407. The summed E-state index contributed by atoms with van der Waals surface area (Å²) in [6, 6.07) is 4.69. The highest BCUT2D eigenvalue weighted by Gasteiger charge is 2.20. The molecule has 1 fully saturated rings. The van der Waals surface area contributed by atoms with Crippen molar-refractivity contribution >= 4 is 15.9 Å². The SMILES string of the molecule is CNC1CCC(OCc2ccc(Br)cn2)CC1. The number of nitrogens with zero attached hydrogens (tertiary/aromatic N) is 1. The molecular weight excluding hydrogens is 280 g/mol. The van der Waals surface area contributed by atoms with Crippen LogP contribution >= 0.6 is 15.9 Å². The Kier molecular flexibility index (Phi) is 4.95. The van der Waals surface area contributed by atoms with Crippen molar-refractivity contribution in [3.63, 3.8) is 0 Å². The number of halogens is 1. The zero-order valence-corrected chi connectivity index (χ0v) is 11.7. The van der Waals surface area contributed by atoms with Crippen LogP contribution in [0.2, 0.25) is 0 Å². The van der Waals surface area contributed by atoms with Crippen molar-refractivity contribution in [3.05, 3.63) is 28.5 Å². The van der Waals surface area contributed by atoms with Gasteiger partial charge >= 0.3 is 0 Å². The van der Waals surface area contributed by atoms with Crippen LogP contribution in [0.25, 0.3) is 0 Å². The van der Waals surface area contributed by atoms with Gasteiger partial charge in [0.15, 0.2) is 0 Å². The van der Waals surface area contributed by atoms with Gasteiger partial charge in [-0.3, -0.25) is 4.98 Å². The lowest BCUT2D eigenvalue weighted by Crippen LogP contribution is -2.32. The number of aromatic nitrogens is 1. The number of rotatable bonds is 4. The van der Waals surface area contributed by atoms with E-state index < -0.39 is 0 Å². The van der Waals surface area contributed by atoms with Gasteiger partial charge in [-0.1, -0.05) is 0 Å². The fraction of sp³-hybridized carbons (Fsp3) is 0.615. The number of nitrogens with one attached hydrogen (secondary N) is 1. The van der Waals surface area contributed by atoms with Crippen LogP contribution in [0.1, 0.15) is 31.4 Å². The molecule has 1 N–H and O–H groups in total. The molecule has 1 aliphatic rings. The quantitative estimate of drug-likeness (QED) is 0.928. The second-order valence-corrected chi connectivity index (χ2v) is 5.46. The highest BCUT2D eigenvalue weighted by atomic mass is 79.9. The Morgan fingerprint density at radius 1 is 1.35 bits per heavy atom. The number of hydrogen-bond donors (Lipinski definition) is 1. The van der Waals surface area contributed by atoms with Crippen LogP contribution in [-0.2, 0) is 11.3 Å². The second-order valence-electron chi connectivity index (χ2n) is 4.54. The van der Waals surface area contributed by atoms with Crippen molar-refractivity contribution in [1.29, 1.82) is 0 Å². The third-order valence-corrected chi connectivity index (χ3v) is 3.81. The maximum atomic E-state index is 5.90. The molecular formula is C13H19BrN2O. The summed E-state index contributed by atoms with van der Waals surface area (Å²) in [7, 11) is 2.04. The van der Waals surface area contributed by atoms with Crippen molar-refractivity contribution in [3.8, 4) is 0 Å². The van der Waals surface area contributed by atoms with Gasteiger partial charge in [0.1, 0.15) is 0 Å². The van der Waals surface area contributed by atoms with Crippen molar-refractivity contribution < 1.29 is 4.74 Å². The third-order valence-electron chi connectivity index (χ3n) is 3.34. The minimum absolute atomic E-state index is 0.407. The van der Waals surface area contributed by atoms with Crippen LogP contribution in [0, 0.1) is 0 Å². The lowest BCUT2D eigenvalue weighted by atomic mass is 9.93. The van der Waals surface area contributed by atoms with Gasteiger partial charge in [0.25, 0.3) is 0 Å². The van der Waals surface area contributed by atoms with Gasteiger partial charge < -0.3 is 10.1 Å². The molecule has 1 heterocycles. The first kappa shape index (κ1) is 13.0. The van der Waals surface area contributed by atoms with Crippen LogP contribution < -0.4 is 5.32 Å². The fourth-order valence-corrected chi connectivity index (χ4v) is 2.45. The zero-order chi connectivity index (χ0) is 12.1. The predicted octanol–water partition coefficient (Wildman–Crippen LogP) is 2.89. The fourth-order valence-electron chi connectivity index (χ4n) is 2.21. The Morgan fingerprint density at radius 3 is 2.71 bits per heavy atom. The van der Waals surface area contributed by atoms with E-state index in [1.807, 2.05) is 25.4 Å². The molecule has 94 valence electrons. The van der Waals surface area contributed by atoms with Crippen molar-refractivity contribution in [2.45, 2.75) is 44.4 Å². The second kappa shape index (κ2) is 6.47. The maximum Gasteiger partial charge on any atom is 0.0891 e. The number of pyridine rings is 1. The summed E-state index contributed by atoms with van der Waals surface area (Å²) in [6.07, 6.45) is 6.97. The molecule has 3 nitrogen and oxygen atoms in total. The predicted molar refractivity (Wildman–Crippen MR) is 71.8 cm³/mol. The Bertz CT molecular complexity index is 334. The largest absolute Gasteiger partial charge is 0.372 e.